The van der Waals surface area contributed by atoms with Crippen molar-refractivity contribution in [1.29, 1.82) is 0 Å². The predicted molar refractivity (Wildman–Crippen MR) is 59.5 cm³/mol. The second kappa shape index (κ2) is 7.59. The number of ether oxygens (including phenoxy) is 2. The third-order valence-corrected chi connectivity index (χ3v) is 3.73. The zero-order valence-electron chi connectivity index (χ0n) is 9.93. The van der Waals surface area contributed by atoms with Gasteiger partial charge in [0.05, 0.1) is 19.5 Å². The van der Waals surface area contributed by atoms with Crippen molar-refractivity contribution in [3.63, 3.8) is 0 Å². The zero-order chi connectivity index (χ0) is 12.6. The van der Waals surface area contributed by atoms with E-state index in [1.165, 1.54) is 14.2 Å². The molecule has 0 unspecified atom stereocenters. The molecule has 0 rings (SSSR count). The molecule has 0 saturated heterocycles. The van der Waals surface area contributed by atoms with Crippen LogP contribution in [0.15, 0.2) is 0 Å². The van der Waals surface area contributed by atoms with Crippen LogP contribution in [0.4, 0.5) is 0 Å². The van der Waals surface area contributed by atoms with Gasteiger partial charge in [0.2, 0.25) is 10.0 Å². The van der Waals surface area contributed by atoms with Crippen molar-refractivity contribution in [2.45, 2.75) is 13.3 Å². The molecule has 0 aliphatic carbocycles. The minimum Gasteiger partial charge on any atom is -0.468 e. The predicted octanol–water partition coefficient (Wildman–Crippen LogP) is -0.152. The van der Waals surface area contributed by atoms with Crippen LogP contribution in [-0.4, -0.2) is 58.4 Å². The Morgan fingerprint density at radius 2 is 1.94 bits per heavy atom. The van der Waals surface area contributed by atoms with Gasteiger partial charge in [-0.3, -0.25) is 4.79 Å². The molecular weight excluding hydrogens is 234 g/mol. The molecule has 0 spiro atoms. The second-order valence-corrected chi connectivity index (χ2v) is 5.31. The first-order chi connectivity index (χ1) is 7.47. The summed E-state index contributed by atoms with van der Waals surface area (Å²) < 4.78 is 33.8. The maximum Gasteiger partial charge on any atom is 0.321 e. The Hall–Kier alpha value is -0.660. The summed E-state index contributed by atoms with van der Waals surface area (Å²) in [6.45, 7) is 2.03. The van der Waals surface area contributed by atoms with Crippen LogP contribution in [0, 0.1) is 0 Å². The molecule has 0 aromatic rings. The Labute approximate surface area is 96.6 Å². The number of methoxy groups -OCH3 is 2. The Bertz CT molecular complexity index is 301. The molecule has 6 nitrogen and oxygen atoms in total. The van der Waals surface area contributed by atoms with Crippen molar-refractivity contribution in [1.82, 2.24) is 4.31 Å². The van der Waals surface area contributed by atoms with Crippen molar-refractivity contribution in [3.05, 3.63) is 0 Å². The number of hydrogen-bond acceptors (Lipinski definition) is 5. The smallest absolute Gasteiger partial charge is 0.321 e. The van der Waals surface area contributed by atoms with E-state index in [-0.39, 0.29) is 18.9 Å². The molecule has 0 heterocycles. The van der Waals surface area contributed by atoms with Crippen LogP contribution in [0.5, 0.6) is 0 Å². The lowest BCUT2D eigenvalue weighted by molar-refractivity contribution is -0.140. The molecule has 0 bridgehead atoms. The summed E-state index contributed by atoms with van der Waals surface area (Å²) in [5.41, 5.74) is 0. The van der Waals surface area contributed by atoms with Crippen LogP contribution in [0.2, 0.25) is 0 Å². The number of carbonyl (C=O) groups excluding carboxylic acids is 1. The highest BCUT2D eigenvalue weighted by atomic mass is 32.2. The summed E-state index contributed by atoms with van der Waals surface area (Å²) in [4.78, 5) is 11.1. The van der Waals surface area contributed by atoms with Crippen molar-refractivity contribution < 1.29 is 22.7 Å². The van der Waals surface area contributed by atoms with Crippen LogP contribution in [0.1, 0.15) is 13.3 Å². The number of hydrogen-bond donors (Lipinski definition) is 0. The number of carbonyl (C=O) groups is 1. The highest BCUT2D eigenvalue weighted by molar-refractivity contribution is 7.89. The fraction of sp³-hybridized carbons (Fsp3) is 0.889. The molecule has 96 valence electrons. The van der Waals surface area contributed by atoms with Crippen LogP contribution in [-0.2, 0) is 24.3 Å². The Kier molecular flexibility index (Phi) is 7.27. The zero-order valence-corrected chi connectivity index (χ0v) is 10.7. The molecule has 16 heavy (non-hydrogen) atoms. The first-order valence-corrected chi connectivity index (χ1v) is 6.62. The van der Waals surface area contributed by atoms with Gasteiger partial charge in [0, 0.05) is 13.7 Å². The minimum atomic E-state index is -3.44. The third-order valence-electron chi connectivity index (χ3n) is 1.94. The number of sulfonamides is 1. The number of nitrogens with zero attached hydrogens (tertiary/aromatic N) is 1. The van der Waals surface area contributed by atoms with Crippen molar-refractivity contribution in [2.75, 3.05) is 39.7 Å². The Morgan fingerprint density at radius 3 is 2.38 bits per heavy atom. The first-order valence-electron chi connectivity index (χ1n) is 5.01. The highest BCUT2D eigenvalue weighted by Gasteiger charge is 2.23. The van der Waals surface area contributed by atoms with Gasteiger partial charge in [-0.05, 0) is 6.42 Å². The summed E-state index contributed by atoms with van der Waals surface area (Å²) >= 11 is 0. The van der Waals surface area contributed by atoms with Gasteiger partial charge in [-0.25, -0.2) is 8.42 Å². The summed E-state index contributed by atoms with van der Waals surface area (Å²) in [5, 5.41) is 0. The lowest BCUT2D eigenvalue weighted by Gasteiger charge is -2.19. The maximum atomic E-state index is 11.8. The van der Waals surface area contributed by atoms with E-state index in [4.69, 9.17) is 4.74 Å². The van der Waals surface area contributed by atoms with E-state index in [1.807, 2.05) is 6.92 Å². The van der Waals surface area contributed by atoms with Crippen LogP contribution in [0.25, 0.3) is 0 Å². The molecule has 0 amide bonds. The minimum absolute atomic E-state index is 0.115. The van der Waals surface area contributed by atoms with Crippen LogP contribution in [0.3, 0.4) is 0 Å². The molecule has 0 atom stereocenters. The molecule has 0 saturated carbocycles. The molecule has 0 aromatic heterocycles. The molecule has 0 aromatic carbocycles. The Morgan fingerprint density at radius 1 is 1.31 bits per heavy atom. The number of esters is 1. The van der Waals surface area contributed by atoms with E-state index in [1.54, 1.807) is 0 Å². The SMILES string of the molecule is CCCN(CC(=O)OC)S(=O)(=O)CCOC. The fourth-order valence-corrected chi connectivity index (χ4v) is 2.49. The van der Waals surface area contributed by atoms with Crippen molar-refractivity contribution >= 4 is 16.0 Å². The van der Waals surface area contributed by atoms with Crippen molar-refractivity contribution in [3.8, 4) is 0 Å². The van der Waals surface area contributed by atoms with Crippen molar-refractivity contribution in [2.24, 2.45) is 0 Å². The number of rotatable bonds is 8. The lowest BCUT2D eigenvalue weighted by Crippen LogP contribution is -2.39. The van der Waals surface area contributed by atoms with E-state index in [0.29, 0.717) is 13.0 Å². The fourth-order valence-electron chi connectivity index (χ4n) is 1.09. The lowest BCUT2D eigenvalue weighted by atomic mass is 10.5. The van der Waals surface area contributed by atoms with Gasteiger partial charge in [-0.2, -0.15) is 4.31 Å². The Balaban J connectivity index is 4.55. The summed E-state index contributed by atoms with van der Waals surface area (Å²) in [5.74, 6) is -0.685. The van der Waals surface area contributed by atoms with E-state index in [2.05, 4.69) is 4.74 Å². The van der Waals surface area contributed by atoms with Gasteiger partial charge in [-0.1, -0.05) is 6.92 Å². The first kappa shape index (κ1) is 15.3. The molecule has 0 N–H and O–H groups in total. The van der Waals surface area contributed by atoms with Gasteiger partial charge in [-0.15, -0.1) is 0 Å². The monoisotopic (exact) mass is 253 g/mol. The van der Waals surface area contributed by atoms with Gasteiger partial charge in [0.1, 0.15) is 6.54 Å². The summed E-state index contributed by atoms with van der Waals surface area (Å²) in [6, 6.07) is 0. The molecule has 0 fully saturated rings. The molecule has 0 radical (unpaired) electrons. The molecule has 0 aliphatic heterocycles. The van der Waals surface area contributed by atoms with E-state index >= 15 is 0 Å². The van der Waals surface area contributed by atoms with Crippen LogP contribution >= 0.6 is 0 Å². The molecular formula is C9H19NO5S. The normalized spacial score (nSPS) is 11.8. The van der Waals surface area contributed by atoms with E-state index in [9.17, 15) is 13.2 Å². The summed E-state index contributed by atoms with van der Waals surface area (Å²) in [7, 11) is -0.783. The maximum absolute atomic E-state index is 11.8. The van der Waals surface area contributed by atoms with E-state index < -0.39 is 16.0 Å². The standard InChI is InChI=1S/C9H19NO5S/c1-4-5-10(8-9(11)15-3)16(12,13)7-6-14-2/h4-8H2,1-3H3. The molecule has 0 aliphatic rings. The summed E-state index contributed by atoms with van der Waals surface area (Å²) in [6.07, 6.45) is 0.642. The van der Waals surface area contributed by atoms with Crippen LogP contribution < -0.4 is 0 Å². The topological polar surface area (TPSA) is 72.9 Å². The average Bonchev–Trinajstić information content (AvgIpc) is 2.25. The van der Waals surface area contributed by atoms with Gasteiger partial charge in [0.15, 0.2) is 0 Å². The van der Waals surface area contributed by atoms with Gasteiger partial charge < -0.3 is 9.47 Å². The van der Waals surface area contributed by atoms with Gasteiger partial charge >= 0.3 is 5.97 Å². The molecule has 7 heteroatoms. The average molecular weight is 253 g/mol. The quantitative estimate of drug-likeness (QED) is 0.562. The highest BCUT2D eigenvalue weighted by Crippen LogP contribution is 2.03. The largest absolute Gasteiger partial charge is 0.468 e. The second-order valence-electron chi connectivity index (χ2n) is 3.22. The van der Waals surface area contributed by atoms with E-state index in [0.717, 1.165) is 4.31 Å². The third kappa shape index (κ3) is 5.43. The van der Waals surface area contributed by atoms with Gasteiger partial charge in [0.25, 0.3) is 0 Å².